The number of aromatic nitrogens is 2. The Morgan fingerprint density at radius 1 is 1.16 bits per heavy atom. The van der Waals surface area contributed by atoms with Crippen LogP contribution >= 0.6 is 11.6 Å². The normalized spacial score (nSPS) is 28.5. The van der Waals surface area contributed by atoms with Crippen LogP contribution in [-0.2, 0) is 22.4 Å². The van der Waals surface area contributed by atoms with Crippen molar-refractivity contribution in [2.24, 2.45) is 23.5 Å². The number of benzene rings is 1. The first-order valence-corrected chi connectivity index (χ1v) is 13.9. The van der Waals surface area contributed by atoms with Gasteiger partial charge in [0.1, 0.15) is 10.8 Å². The zero-order valence-electron chi connectivity index (χ0n) is 21.7. The summed E-state index contributed by atoms with van der Waals surface area (Å²) in [6.45, 7) is 3.68. The average molecular weight is 539 g/mol. The van der Waals surface area contributed by atoms with Gasteiger partial charge in [-0.1, -0.05) is 23.8 Å². The lowest BCUT2D eigenvalue weighted by atomic mass is 9.88. The van der Waals surface area contributed by atoms with Crippen molar-refractivity contribution in [1.82, 2.24) is 14.9 Å². The number of carbonyl (C=O) groups excluding carboxylic acids is 1. The third-order valence-electron chi connectivity index (χ3n) is 8.66. The number of anilines is 3. The molecule has 2 heterocycles. The van der Waals surface area contributed by atoms with E-state index in [-0.39, 0.29) is 29.7 Å². The van der Waals surface area contributed by atoms with Crippen molar-refractivity contribution in [3.05, 3.63) is 46.6 Å². The molecule has 4 aliphatic rings. The van der Waals surface area contributed by atoms with Crippen LogP contribution < -0.4 is 21.1 Å². The van der Waals surface area contributed by atoms with Gasteiger partial charge in [0, 0.05) is 25.2 Å². The molecule has 2 fully saturated rings. The lowest BCUT2D eigenvalue weighted by molar-refractivity contribution is -0.122. The van der Waals surface area contributed by atoms with Gasteiger partial charge in [0.05, 0.1) is 38.1 Å². The van der Waals surface area contributed by atoms with E-state index in [0.29, 0.717) is 22.8 Å². The summed E-state index contributed by atoms with van der Waals surface area (Å²) in [5, 5.41) is 7.15. The smallest absolute Gasteiger partial charge is 0.229 e. The molecule has 1 saturated carbocycles. The van der Waals surface area contributed by atoms with E-state index in [1.807, 2.05) is 0 Å². The summed E-state index contributed by atoms with van der Waals surface area (Å²) in [5.74, 6) is 1.47. The van der Waals surface area contributed by atoms with E-state index in [2.05, 4.69) is 49.8 Å². The van der Waals surface area contributed by atoms with Crippen LogP contribution in [0.5, 0.6) is 5.75 Å². The highest BCUT2D eigenvalue weighted by Crippen LogP contribution is 2.45. The van der Waals surface area contributed by atoms with Crippen LogP contribution in [0.2, 0.25) is 5.02 Å². The molecule has 0 radical (unpaired) electrons. The van der Waals surface area contributed by atoms with E-state index in [1.165, 1.54) is 11.1 Å². The largest absolute Gasteiger partial charge is 0.495 e. The molecule has 38 heavy (non-hydrogen) atoms. The molecule has 10 heteroatoms. The fourth-order valence-electron chi connectivity index (χ4n) is 6.71. The van der Waals surface area contributed by atoms with Crippen LogP contribution in [-0.4, -0.2) is 66.3 Å². The van der Waals surface area contributed by atoms with Crippen LogP contribution in [0.4, 0.5) is 17.5 Å². The molecule has 9 nitrogen and oxygen atoms in total. The summed E-state index contributed by atoms with van der Waals surface area (Å²) < 4.78 is 11.3. The molecule has 3 aliphatic carbocycles. The van der Waals surface area contributed by atoms with Gasteiger partial charge in [-0.05, 0) is 67.2 Å². The average Bonchev–Trinajstić information content (AvgIpc) is 3.47. The second-order valence-corrected chi connectivity index (χ2v) is 11.2. The van der Waals surface area contributed by atoms with Crippen molar-refractivity contribution < 1.29 is 14.3 Å². The Labute approximate surface area is 228 Å². The molecule has 2 aromatic rings. The summed E-state index contributed by atoms with van der Waals surface area (Å²) in [6, 6.07) is 4.76. The van der Waals surface area contributed by atoms with E-state index >= 15 is 0 Å². The van der Waals surface area contributed by atoms with Gasteiger partial charge >= 0.3 is 0 Å². The number of methoxy groups -OCH3 is 1. The Morgan fingerprint density at radius 2 is 1.89 bits per heavy atom. The van der Waals surface area contributed by atoms with Crippen LogP contribution in [0.3, 0.4) is 0 Å². The lowest BCUT2D eigenvalue weighted by Gasteiger charge is -2.33. The SMILES string of the molecule is COc1cc2c(cc1Nc1ncc(Cl)c(N[C@H]3[C@@H](C(N)=O)[C@@H]4C=C[C@H]3C4)n1)CC[C@H](N1CCOCC1)CC2. The number of ether oxygens (including phenoxy) is 2. The van der Waals surface area contributed by atoms with Gasteiger partial charge in [0.2, 0.25) is 11.9 Å². The van der Waals surface area contributed by atoms with Gasteiger partial charge in [-0.15, -0.1) is 0 Å². The summed E-state index contributed by atoms with van der Waals surface area (Å²) in [6.07, 6.45) is 11.0. The summed E-state index contributed by atoms with van der Waals surface area (Å²) >= 11 is 6.47. The second-order valence-electron chi connectivity index (χ2n) is 10.8. The molecule has 6 rings (SSSR count). The van der Waals surface area contributed by atoms with Crippen LogP contribution in [0.15, 0.2) is 30.5 Å². The number of morpholine rings is 1. The minimum absolute atomic E-state index is 0.135. The molecular formula is C28H35ClN6O3. The van der Waals surface area contributed by atoms with Crippen molar-refractivity contribution in [3.63, 3.8) is 0 Å². The summed E-state index contributed by atoms with van der Waals surface area (Å²) in [5.41, 5.74) is 9.22. The number of carbonyl (C=O) groups is 1. The molecule has 5 atom stereocenters. The van der Waals surface area contributed by atoms with Crippen LogP contribution in [0, 0.1) is 17.8 Å². The zero-order valence-corrected chi connectivity index (χ0v) is 22.4. The fourth-order valence-corrected chi connectivity index (χ4v) is 6.85. The quantitative estimate of drug-likeness (QED) is 0.362. The Kier molecular flexibility index (Phi) is 7.16. The Hall–Kier alpha value is -2.88. The third-order valence-corrected chi connectivity index (χ3v) is 8.94. The standard InChI is InChI=1S/C28H35ClN6O3/c1-37-23-14-17-5-7-20(35-8-10-38-11-9-35)6-4-16(17)13-22(23)32-28-31-15-21(29)27(34-28)33-25-19-3-2-18(12-19)24(25)26(30)36/h2-3,13-15,18-20,24-25H,4-12H2,1H3,(H2,30,36)(H2,31,32,33,34)/t18-,19+,20+,24+,25-/m1/s1. The molecule has 1 saturated heterocycles. The van der Waals surface area contributed by atoms with E-state index in [0.717, 1.165) is 69.8 Å². The maximum Gasteiger partial charge on any atom is 0.229 e. The molecule has 1 amide bonds. The number of halogens is 1. The van der Waals surface area contributed by atoms with Gasteiger partial charge < -0.3 is 25.8 Å². The molecule has 1 aromatic carbocycles. The summed E-state index contributed by atoms with van der Waals surface area (Å²) in [7, 11) is 1.68. The number of amides is 1. The van der Waals surface area contributed by atoms with Crippen LogP contribution in [0.25, 0.3) is 0 Å². The van der Waals surface area contributed by atoms with E-state index in [4.69, 9.17) is 26.8 Å². The number of nitrogens with zero attached hydrogens (tertiary/aromatic N) is 3. The van der Waals surface area contributed by atoms with E-state index < -0.39 is 0 Å². The molecule has 0 spiro atoms. The Balaban J connectivity index is 1.20. The monoisotopic (exact) mass is 538 g/mol. The van der Waals surface area contributed by atoms with Gasteiger partial charge in [-0.25, -0.2) is 4.98 Å². The number of rotatable bonds is 7. The van der Waals surface area contributed by atoms with Crippen LogP contribution in [0.1, 0.15) is 30.4 Å². The Morgan fingerprint density at radius 3 is 2.63 bits per heavy atom. The van der Waals surface area contributed by atoms with Gasteiger partial charge in [-0.2, -0.15) is 4.98 Å². The van der Waals surface area contributed by atoms with Crippen molar-refractivity contribution in [2.75, 3.05) is 44.0 Å². The van der Waals surface area contributed by atoms with Crippen molar-refractivity contribution in [2.45, 2.75) is 44.2 Å². The molecule has 0 unspecified atom stereocenters. The number of fused-ring (bicyclic) bond motifs is 3. The summed E-state index contributed by atoms with van der Waals surface area (Å²) in [4.78, 5) is 23.8. The molecule has 1 aromatic heterocycles. The maximum atomic E-state index is 12.2. The first kappa shape index (κ1) is 25.4. The van der Waals surface area contributed by atoms with E-state index in [1.54, 1.807) is 13.3 Å². The maximum absolute atomic E-state index is 12.2. The molecule has 2 bridgehead atoms. The van der Waals surface area contributed by atoms with Gasteiger partial charge in [-0.3, -0.25) is 9.69 Å². The topological polar surface area (TPSA) is 115 Å². The number of nitrogens with one attached hydrogen (secondary N) is 2. The molecular weight excluding hydrogens is 504 g/mol. The number of hydrogen-bond donors (Lipinski definition) is 3. The molecule has 1 aliphatic heterocycles. The van der Waals surface area contributed by atoms with E-state index in [9.17, 15) is 4.79 Å². The minimum Gasteiger partial charge on any atom is -0.495 e. The van der Waals surface area contributed by atoms with Gasteiger partial charge in [0.25, 0.3) is 0 Å². The van der Waals surface area contributed by atoms with Gasteiger partial charge in [0.15, 0.2) is 5.82 Å². The van der Waals surface area contributed by atoms with Crippen molar-refractivity contribution in [1.29, 1.82) is 0 Å². The predicted octanol–water partition coefficient (Wildman–Crippen LogP) is 3.55. The third kappa shape index (κ3) is 4.95. The second kappa shape index (κ2) is 10.7. The highest BCUT2D eigenvalue weighted by atomic mass is 35.5. The molecule has 4 N–H and O–H groups in total. The van der Waals surface area contributed by atoms with Crippen molar-refractivity contribution in [3.8, 4) is 5.75 Å². The fraction of sp³-hybridized carbons (Fsp3) is 0.536. The number of nitrogens with two attached hydrogens (primary N) is 1. The minimum atomic E-state index is -0.298. The zero-order chi connectivity index (χ0) is 26.2. The number of aryl methyl sites for hydroxylation is 2. The Bertz CT molecular complexity index is 1230. The highest BCUT2D eigenvalue weighted by Gasteiger charge is 2.47. The number of allylic oxidation sites excluding steroid dienone is 1. The predicted molar refractivity (Wildman–Crippen MR) is 147 cm³/mol. The number of hydrogen-bond acceptors (Lipinski definition) is 8. The first-order valence-electron chi connectivity index (χ1n) is 13.6. The first-order chi connectivity index (χ1) is 18.5. The van der Waals surface area contributed by atoms with Crippen molar-refractivity contribution >= 4 is 35.0 Å². The molecule has 202 valence electrons. The number of primary amides is 1. The lowest BCUT2D eigenvalue weighted by Crippen LogP contribution is -2.43. The highest BCUT2D eigenvalue weighted by molar-refractivity contribution is 6.32.